The summed E-state index contributed by atoms with van der Waals surface area (Å²) in [6, 6.07) is 11.9. The van der Waals surface area contributed by atoms with Gasteiger partial charge in [0.1, 0.15) is 0 Å². The van der Waals surface area contributed by atoms with E-state index in [1.54, 1.807) is 6.07 Å². The highest BCUT2D eigenvalue weighted by molar-refractivity contribution is 5.59. The van der Waals surface area contributed by atoms with Gasteiger partial charge in [-0.3, -0.25) is 10.1 Å². The molecule has 0 aromatic heterocycles. The first-order valence-corrected chi connectivity index (χ1v) is 8.17. The third kappa shape index (κ3) is 2.32. The first kappa shape index (κ1) is 17.2. The molecule has 0 saturated heterocycles. The van der Waals surface area contributed by atoms with Crippen LogP contribution in [-0.4, -0.2) is 4.92 Å². The van der Waals surface area contributed by atoms with Gasteiger partial charge in [0.25, 0.3) is 5.69 Å². The Morgan fingerprint density at radius 1 is 1.27 bits per heavy atom. The normalized spacial score (nSPS) is 23.7. The van der Waals surface area contributed by atoms with Crippen LogP contribution in [0.5, 0.6) is 0 Å². The van der Waals surface area contributed by atoms with Gasteiger partial charge in [-0.1, -0.05) is 18.2 Å². The van der Waals surface area contributed by atoms with Crippen molar-refractivity contribution in [3.05, 3.63) is 62.9 Å². The maximum absolute atomic E-state index is 11.2. The van der Waals surface area contributed by atoms with E-state index in [9.17, 15) is 25.9 Å². The highest BCUT2D eigenvalue weighted by Crippen LogP contribution is 2.56. The van der Waals surface area contributed by atoms with Crippen molar-refractivity contribution in [1.29, 1.82) is 15.8 Å². The van der Waals surface area contributed by atoms with Crippen molar-refractivity contribution in [2.75, 3.05) is 0 Å². The van der Waals surface area contributed by atoms with Crippen LogP contribution in [0.1, 0.15) is 30.7 Å². The number of nitrogens with zero attached hydrogens (tertiary/aromatic N) is 4. The predicted octanol–water partition coefficient (Wildman–Crippen LogP) is 3.19. The van der Waals surface area contributed by atoms with Crippen molar-refractivity contribution in [3.8, 4) is 18.2 Å². The number of hydrogen-bond donors (Lipinski definition) is 1. The highest BCUT2D eigenvalue weighted by atomic mass is 16.6. The zero-order valence-electron chi connectivity index (χ0n) is 13.8. The molecule has 0 unspecified atom stereocenters. The second-order valence-electron chi connectivity index (χ2n) is 6.46. The van der Waals surface area contributed by atoms with Crippen LogP contribution < -0.4 is 5.73 Å². The molecular weight excluding hydrogens is 330 g/mol. The minimum Gasteiger partial charge on any atom is -0.398 e. The molecule has 26 heavy (non-hydrogen) atoms. The summed E-state index contributed by atoms with van der Waals surface area (Å²) in [5.74, 6) is -0.923. The van der Waals surface area contributed by atoms with Gasteiger partial charge < -0.3 is 5.73 Å². The zero-order valence-corrected chi connectivity index (χ0v) is 13.8. The number of nitro groups is 1. The van der Waals surface area contributed by atoms with Crippen molar-refractivity contribution in [3.63, 3.8) is 0 Å². The second kappa shape index (κ2) is 6.35. The molecule has 0 aliphatic heterocycles. The van der Waals surface area contributed by atoms with Gasteiger partial charge in [-0.2, -0.15) is 15.8 Å². The lowest BCUT2D eigenvalue weighted by Crippen LogP contribution is -2.41. The lowest BCUT2D eigenvalue weighted by atomic mass is 9.56. The van der Waals surface area contributed by atoms with Gasteiger partial charge in [0, 0.05) is 18.1 Å². The quantitative estimate of drug-likeness (QED) is 0.644. The number of allylic oxidation sites excluding steroid dienone is 3. The number of fused-ring (bicyclic) bond motifs is 1. The number of nitriles is 3. The Kier molecular flexibility index (Phi) is 4.20. The lowest BCUT2D eigenvalue weighted by molar-refractivity contribution is -0.384. The Morgan fingerprint density at radius 3 is 2.62 bits per heavy atom. The lowest BCUT2D eigenvalue weighted by Gasteiger charge is -2.43. The molecule has 0 heterocycles. The van der Waals surface area contributed by atoms with E-state index in [4.69, 9.17) is 5.73 Å². The zero-order chi connectivity index (χ0) is 18.9. The largest absolute Gasteiger partial charge is 0.398 e. The fourth-order valence-electron chi connectivity index (χ4n) is 4.11. The maximum atomic E-state index is 11.2. The van der Waals surface area contributed by atoms with Crippen LogP contribution in [-0.2, 0) is 0 Å². The smallest absolute Gasteiger partial charge is 0.269 e. The molecule has 1 aromatic carbocycles. The Morgan fingerprint density at radius 2 is 2.00 bits per heavy atom. The highest BCUT2D eigenvalue weighted by Gasteiger charge is 2.54. The Bertz CT molecular complexity index is 957. The van der Waals surface area contributed by atoms with E-state index in [2.05, 4.69) is 0 Å². The van der Waals surface area contributed by atoms with E-state index in [-0.39, 0.29) is 22.9 Å². The first-order valence-electron chi connectivity index (χ1n) is 8.17. The van der Waals surface area contributed by atoms with Gasteiger partial charge in [0.05, 0.1) is 34.4 Å². The molecule has 2 atom stereocenters. The molecule has 0 bridgehead atoms. The standard InChI is InChI=1S/C19H15N5O2/c20-9-16-18(23)15-7-2-1-6-14(15)17(19(16,10-21)11-22)12-4-3-5-13(8-12)24(25)26/h3-5,7-8,14,17H,1-2,6,23H2/t14-,17+/m1/s1. The fraction of sp³-hybridized carbons (Fsp3) is 0.316. The number of nitro benzene ring substituents is 1. The minimum absolute atomic E-state index is 0.0663. The Labute approximate surface area is 150 Å². The summed E-state index contributed by atoms with van der Waals surface area (Å²) in [7, 11) is 0. The molecule has 3 rings (SSSR count). The molecule has 7 heteroatoms. The third-order valence-electron chi connectivity index (χ3n) is 5.23. The second-order valence-corrected chi connectivity index (χ2v) is 6.46. The summed E-state index contributed by atoms with van der Waals surface area (Å²) in [5.41, 5.74) is 5.68. The molecule has 128 valence electrons. The molecule has 2 aliphatic rings. The van der Waals surface area contributed by atoms with E-state index in [1.165, 1.54) is 18.2 Å². The predicted molar refractivity (Wildman–Crippen MR) is 91.7 cm³/mol. The van der Waals surface area contributed by atoms with Crippen molar-refractivity contribution in [2.45, 2.75) is 25.2 Å². The van der Waals surface area contributed by atoms with Crippen LogP contribution in [0.15, 0.2) is 47.2 Å². The number of benzene rings is 1. The van der Waals surface area contributed by atoms with Gasteiger partial charge in [-0.15, -0.1) is 0 Å². The van der Waals surface area contributed by atoms with Crippen LogP contribution >= 0.6 is 0 Å². The monoisotopic (exact) mass is 345 g/mol. The number of nitrogens with two attached hydrogens (primary N) is 1. The van der Waals surface area contributed by atoms with E-state index in [1.807, 2.05) is 24.3 Å². The molecule has 0 radical (unpaired) electrons. The van der Waals surface area contributed by atoms with Crippen LogP contribution in [0.4, 0.5) is 5.69 Å². The van der Waals surface area contributed by atoms with Crippen molar-refractivity contribution in [2.24, 2.45) is 17.1 Å². The average Bonchev–Trinajstić information content (AvgIpc) is 2.67. The topological polar surface area (TPSA) is 141 Å². The number of non-ortho nitro benzene ring substituents is 1. The SMILES string of the molecule is N#CC1=C(N)C2=CCCC[C@H]2[C@H](c2cccc([N+](=O)[O-])c2)C1(C#N)C#N. The van der Waals surface area contributed by atoms with E-state index >= 15 is 0 Å². The molecule has 0 fully saturated rings. The fourth-order valence-corrected chi connectivity index (χ4v) is 4.11. The summed E-state index contributed by atoms with van der Waals surface area (Å²) < 4.78 is 0. The van der Waals surface area contributed by atoms with Crippen LogP contribution in [0.2, 0.25) is 0 Å². The molecule has 7 nitrogen and oxygen atoms in total. The maximum Gasteiger partial charge on any atom is 0.269 e. The van der Waals surface area contributed by atoms with Crippen LogP contribution in [0.3, 0.4) is 0 Å². The molecule has 0 spiro atoms. The molecule has 2 N–H and O–H groups in total. The van der Waals surface area contributed by atoms with Crippen molar-refractivity contribution < 1.29 is 4.92 Å². The number of hydrogen-bond acceptors (Lipinski definition) is 6. The summed E-state index contributed by atoms with van der Waals surface area (Å²) in [6.45, 7) is 0. The van der Waals surface area contributed by atoms with Crippen molar-refractivity contribution >= 4 is 5.69 Å². The van der Waals surface area contributed by atoms with E-state index in [0.717, 1.165) is 18.4 Å². The van der Waals surface area contributed by atoms with E-state index < -0.39 is 16.3 Å². The van der Waals surface area contributed by atoms with Crippen LogP contribution in [0.25, 0.3) is 0 Å². The summed E-state index contributed by atoms with van der Waals surface area (Å²) in [6.07, 6.45) is 4.31. The molecule has 2 aliphatic carbocycles. The van der Waals surface area contributed by atoms with Gasteiger partial charge >= 0.3 is 0 Å². The Hall–Kier alpha value is -3.63. The minimum atomic E-state index is -1.77. The third-order valence-corrected chi connectivity index (χ3v) is 5.23. The van der Waals surface area contributed by atoms with E-state index in [0.29, 0.717) is 12.0 Å². The summed E-state index contributed by atoms with van der Waals surface area (Å²) in [4.78, 5) is 10.7. The molecule has 0 saturated carbocycles. The molecular formula is C19H15N5O2. The average molecular weight is 345 g/mol. The summed E-state index contributed by atoms with van der Waals surface area (Å²) in [5, 5.41) is 40.6. The van der Waals surface area contributed by atoms with Crippen molar-refractivity contribution in [1.82, 2.24) is 0 Å². The van der Waals surface area contributed by atoms with Gasteiger partial charge in [-0.05, 0) is 36.3 Å². The van der Waals surface area contributed by atoms with Gasteiger partial charge in [0.2, 0.25) is 0 Å². The van der Waals surface area contributed by atoms with Crippen LogP contribution in [0, 0.1) is 55.4 Å². The summed E-state index contributed by atoms with van der Waals surface area (Å²) >= 11 is 0. The Balaban J connectivity index is 2.33. The number of rotatable bonds is 2. The van der Waals surface area contributed by atoms with Gasteiger partial charge in [0.15, 0.2) is 5.41 Å². The molecule has 1 aromatic rings. The van der Waals surface area contributed by atoms with Gasteiger partial charge in [-0.25, -0.2) is 0 Å². The first-order chi connectivity index (χ1) is 12.5. The molecule has 0 amide bonds.